The Morgan fingerprint density at radius 1 is 1.35 bits per heavy atom. The Hall–Kier alpha value is -1.39. The summed E-state index contributed by atoms with van der Waals surface area (Å²) in [5.41, 5.74) is 1.72. The Balaban J connectivity index is 1.75. The van der Waals surface area contributed by atoms with Gasteiger partial charge in [-0.25, -0.2) is 4.79 Å². The highest BCUT2D eigenvalue weighted by Gasteiger charge is 2.19. The molecule has 2 N–H and O–H groups in total. The molecule has 0 saturated heterocycles. The second kappa shape index (κ2) is 7.41. The second-order valence-corrected chi connectivity index (χ2v) is 5.51. The summed E-state index contributed by atoms with van der Waals surface area (Å²) >= 11 is 0. The third kappa shape index (κ3) is 4.32. The van der Waals surface area contributed by atoms with Crippen LogP contribution in [0.1, 0.15) is 41.6 Å². The van der Waals surface area contributed by atoms with Crippen molar-refractivity contribution in [3.63, 3.8) is 0 Å². The summed E-state index contributed by atoms with van der Waals surface area (Å²) in [7, 11) is 1.39. The lowest BCUT2D eigenvalue weighted by Gasteiger charge is -2.26. The zero-order valence-corrected chi connectivity index (χ0v) is 12.0. The molecule has 20 heavy (non-hydrogen) atoms. The lowest BCUT2D eigenvalue weighted by atomic mass is 9.87. The van der Waals surface area contributed by atoms with Crippen LogP contribution in [0.2, 0.25) is 0 Å². The van der Waals surface area contributed by atoms with Gasteiger partial charge in [-0.15, -0.1) is 0 Å². The fourth-order valence-corrected chi connectivity index (χ4v) is 2.75. The zero-order valence-electron chi connectivity index (χ0n) is 12.0. The third-order valence-corrected chi connectivity index (χ3v) is 3.89. The first kappa shape index (κ1) is 15.0. The molecular formula is C16H23NO3. The van der Waals surface area contributed by atoms with Crippen molar-refractivity contribution in [2.75, 3.05) is 13.7 Å². The van der Waals surface area contributed by atoms with E-state index in [0.717, 1.165) is 37.9 Å². The molecular weight excluding hydrogens is 254 g/mol. The van der Waals surface area contributed by atoms with Gasteiger partial charge in [0, 0.05) is 6.54 Å². The van der Waals surface area contributed by atoms with Crippen molar-refractivity contribution in [1.29, 1.82) is 0 Å². The van der Waals surface area contributed by atoms with E-state index in [4.69, 9.17) is 0 Å². The molecule has 0 amide bonds. The fourth-order valence-electron chi connectivity index (χ4n) is 2.75. The fraction of sp³-hybridized carbons (Fsp3) is 0.562. The number of benzene rings is 1. The van der Waals surface area contributed by atoms with Gasteiger partial charge in [0.2, 0.25) is 0 Å². The molecule has 0 aromatic heterocycles. The Kier molecular flexibility index (Phi) is 5.56. The van der Waals surface area contributed by atoms with Crippen molar-refractivity contribution >= 4 is 5.97 Å². The van der Waals surface area contributed by atoms with E-state index in [9.17, 15) is 9.90 Å². The first-order valence-corrected chi connectivity index (χ1v) is 7.25. The summed E-state index contributed by atoms with van der Waals surface area (Å²) in [5, 5.41) is 13.1. The summed E-state index contributed by atoms with van der Waals surface area (Å²) in [6.45, 7) is 1.73. The molecule has 1 aromatic carbocycles. The molecule has 0 heterocycles. The van der Waals surface area contributed by atoms with Gasteiger partial charge >= 0.3 is 5.97 Å². The maximum atomic E-state index is 11.3. The highest BCUT2D eigenvalue weighted by molar-refractivity contribution is 5.89. The van der Waals surface area contributed by atoms with Crippen LogP contribution < -0.4 is 5.32 Å². The van der Waals surface area contributed by atoms with Gasteiger partial charge in [-0.05, 0) is 49.4 Å². The summed E-state index contributed by atoms with van der Waals surface area (Å²) < 4.78 is 4.67. The van der Waals surface area contributed by atoms with Crippen LogP contribution >= 0.6 is 0 Å². The molecule has 2 atom stereocenters. The van der Waals surface area contributed by atoms with E-state index in [-0.39, 0.29) is 12.1 Å². The molecule has 2 rings (SSSR count). The van der Waals surface area contributed by atoms with Crippen molar-refractivity contribution in [3.05, 3.63) is 35.4 Å². The van der Waals surface area contributed by atoms with E-state index >= 15 is 0 Å². The van der Waals surface area contributed by atoms with Gasteiger partial charge in [-0.1, -0.05) is 18.6 Å². The molecule has 4 heteroatoms. The molecule has 0 bridgehead atoms. The summed E-state index contributed by atoms with van der Waals surface area (Å²) in [5.74, 6) is 0.272. The number of aliphatic hydroxyl groups excluding tert-OH is 1. The van der Waals surface area contributed by atoms with Crippen LogP contribution in [0, 0.1) is 5.92 Å². The smallest absolute Gasteiger partial charge is 0.337 e. The lowest BCUT2D eigenvalue weighted by Crippen LogP contribution is -2.28. The van der Waals surface area contributed by atoms with Gasteiger partial charge in [0.05, 0.1) is 18.8 Å². The number of carbonyl (C=O) groups excluding carboxylic acids is 1. The molecule has 0 aliphatic heterocycles. The first-order valence-electron chi connectivity index (χ1n) is 7.25. The predicted octanol–water partition coefficient (Wildman–Crippen LogP) is 2.11. The summed E-state index contributed by atoms with van der Waals surface area (Å²) in [6.07, 6.45) is 4.07. The number of nitrogens with one attached hydrogen (secondary N) is 1. The minimum absolute atomic E-state index is 0.116. The summed E-state index contributed by atoms with van der Waals surface area (Å²) in [4.78, 5) is 11.3. The van der Waals surface area contributed by atoms with Crippen LogP contribution in [0.5, 0.6) is 0 Å². The molecule has 1 fully saturated rings. The molecule has 110 valence electrons. The number of esters is 1. The normalized spacial score (nSPS) is 22.5. The Bertz CT molecular complexity index is 430. The molecule has 2 unspecified atom stereocenters. The molecule has 0 radical (unpaired) electrons. The minimum atomic E-state index is -0.305. The largest absolute Gasteiger partial charge is 0.465 e. The molecule has 1 aromatic rings. The Morgan fingerprint density at radius 3 is 2.75 bits per heavy atom. The number of hydrogen-bond donors (Lipinski definition) is 2. The highest BCUT2D eigenvalue weighted by atomic mass is 16.5. The summed E-state index contributed by atoms with van der Waals surface area (Å²) in [6, 6.07) is 7.45. The van der Waals surface area contributed by atoms with Crippen LogP contribution in [0.15, 0.2) is 24.3 Å². The molecule has 1 saturated carbocycles. The van der Waals surface area contributed by atoms with E-state index in [0.29, 0.717) is 11.5 Å². The average Bonchev–Trinajstić information content (AvgIpc) is 2.47. The van der Waals surface area contributed by atoms with E-state index in [1.54, 1.807) is 12.1 Å². The van der Waals surface area contributed by atoms with E-state index < -0.39 is 0 Å². The van der Waals surface area contributed by atoms with Gasteiger partial charge in [-0.2, -0.15) is 0 Å². The Labute approximate surface area is 120 Å². The van der Waals surface area contributed by atoms with E-state index in [1.807, 2.05) is 12.1 Å². The zero-order chi connectivity index (χ0) is 14.4. The number of carbonyl (C=O) groups is 1. The van der Waals surface area contributed by atoms with Crippen molar-refractivity contribution in [2.45, 2.75) is 38.3 Å². The average molecular weight is 277 g/mol. The monoisotopic (exact) mass is 277 g/mol. The second-order valence-electron chi connectivity index (χ2n) is 5.51. The standard InChI is InChI=1S/C16H23NO3/c1-20-16(19)14-7-5-12(6-8-14)10-17-11-13-3-2-4-15(18)9-13/h5-8,13,15,17-18H,2-4,9-11H2,1H3. The molecule has 1 aliphatic carbocycles. The van der Waals surface area contributed by atoms with Gasteiger partial charge < -0.3 is 15.2 Å². The van der Waals surface area contributed by atoms with Crippen molar-refractivity contribution in [2.24, 2.45) is 5.92 Å². The molecule has 0 spiro atoms. The molecule has 4 nitrogen and oxygen atoms in total. The van der Waals surface area contributed by atoms with Gasteiger partial charge in [0.15, 0.2) is 0 Å². The van der Waals surface area contributed by atoms with Crippen molar-refractivity contribution in [3.8, 4) is 0 Å². The van der Waals surface area contributed by atoms with Crippen LogP contribution in [0.3, 0.4) is 0 Å². The van der Waals surface area contributed by atoms with E-state index in [1.165, 1.54) is 13.5 Å². The quantitative estimate of drug-likeness (QED) is 0.809. The number of aliphatic hydroxyl groups is 1. The van der Waals surface area contributed by atoms with Gasteiger partial charge in [0.1, 0.15) is 0 Å². The van der Waals surface area contributed by atoms with Crippen LogP contribution in [-0.4, -0.2) is 30.8 Å². The Morgan fingerprint density at radius 2 is 2.10 bits per heavy atom. The van der Waals surface area contributed by atoms with E-state index in [2.05, 4.69) is 10.1 Å². The number of rotatable bonds is 5. The predicted molar refractivity (Wildman–Crippen MR) is 77.5 cm³/mol. The van der Waals surface area contributed by atoms with Crippen molar-refractivity contribution in [1.82, 2.24) is 5.32 Å². The van der Waals surface area contributed by atoms with Crippen LogP contribution in [0.4, 0.5) is 0 Å². The highest BCUT2D eigenvalue weighted by Crippen LogP contribution is 2.23. The maximum Gasteiger partial charge on any atom is 0.337 e. The first-order chi connectivity index (χ1) is 9.69. The lowest BCUT2D eigenvalue weighted by molar-refractivity contribution is 0.0600. The van der Waals surface area contributed by atoms with Crippen LogP contribution in [0.25, 0.3) is 0 Å². The van der Waals surface area contributed by atoms with Gasteiger partial charge in [-0.3, -0.25) is 0 Å². The number of ether oxygens (including phenoxy) is 1. The van der Waals surface area contributed by atoms with Crippen molar-refractivity contribution < 1.29 is 14.6 Å². The topological polar surface area (TPSA) is 58.6 Å². The number of hydrogen-bond acceptors (Lipinski definition) is 4. The molecule has 1 aliphatic rings. The maximum absolute atomic E-state index is 11.3. The van der Waals surface area contributed by atoms with Crippen LogP contribution in [-0.2, 0) is 11.3 Å². The SMILES string of the molecule is COC(=O)c1ccc(CNCC2CCCC(O)C2)cc1. The number of methoxy groups -OCH3 is 1. The minimum Gasteiger partial charge on any atom is -0.465 e. The third-order valence-electron chi connectivity index (χ3n) is 3.89. The van der Waals surface area contributed by atoms with Gasteiger partial charge in [0.25, 0.3) is 0 Å².